The number of nitrogens with zero attached hydrogens (tertiary/aromatic N) is 2. The molecule has 136 valence electrons. The van der Waals surface area contributed by atoms with Crippen molar-refractivity contribution >= 4 is 29.2 Å². The minimum atomic E-state index is -0.0994. The molecule has 3 heterocycles. The molecule has 2 fully saturated rings. The number of nitrogens with one attached hydrogen (secondary N) is 2. The van der Waals surface area contributed by atoms with Crippen LogP contribution in [0, 0.1) is 5.92 Å². The van der Waals surface area contributed by atoms with E-state index in [0.717, 1.165) is 6.54 Å². The molecule has 0 aromatic carbocycles. The number of ether oxygens (including phenoxy) is 1. The maximum absolute atomic E-state index is 12.4. The monoisotopic (exact) mass is 366 g/mol. The minimum Gasteiger partial charge on any atom is -0.378 e. The predicted octanol–water partition coefficient (Wildman–Crippen LogP) is 1.29. The highest BCUT2D eigenvalue weighted by Crippen LogP contribution is 2.20. The van der Waals surface area contributed by atoms with Gasteiger partial charge in [-0.15, -0.1) is 0 Å². The van der Waals surface area contributed by atoms with Gasteiger partial charge in [-0.1, -0.05) is 11.6 Å². The highest BCUT2D eigenvalue weighted by molar-refractivity contribution is 6.30. The zero-order valence-corrected chi connectivity index (χ0v) is 14.8. The summed E-state index contributed by atoms with van der Waals surface area (Å²) >= 11 is 5.79. The number of halogens is 1. The van der Waals surface area contributed by atoms with E-state index >= 15 is 0 Å². The van der Waals surface area contributed by atoms with E-state index in [1.807, 2.05) is 4.90 Å². The Balaban J connectivity index is 1.43. The maximum atomic E-state index is 12.4. The zero-order chi connectivity index (χ0) is 17.6. The molecule has 3 rings (SSSR count). The van der Waals surface area contributed by atoms with Crippen molar-refractivity contribution in [1.82, 2.24) is 15.2 Å². The van der Waals surface area contributed by atoms with Crippen LogP contribution in [0.4, 0.5) is 5.82 Å². The van der Waals surface area contributed by atoms with Crippen molar-refractivity contribution in [3.05, 3.63) is 23.4 Å². The average molecular weight is 367 g/mol. The normalized spacial score (nSPS) is 21.8. The Morgan fingerprint density at radius 2 is 2.16 bits per heavy atom. The van der Waals surface area contributed by atoms with Crippen LogP contribution >= 0.6 is 11.6 Å². The molecule has 0 aliphatic carbocycles. The lowest BCUT2D eigenvalue weighted by Gasteiger charge is -2.33. The lowest BCUT2D eigenvalue weighted by atomic mass is 9.95. The van der Waals surface area contributed by atoms with E-state index in [4.69, 9.17) is 16.3 Å². The molecular weight excluding hydrogens is 344 g/mol. The molecule has 2 saturated heterocycles. The molecule has 2 amide bonds. The number of morpholine rings is 1. The number of pyridine rings is 1. The molecule has 2 N–H and O–H groups in total. The number of piperidine rings is 1. The van der Waals surface area contributed by atoms with Gasteiger partial charge in [-0.05, 0) is 25.0 Å². The first kappa shape index (κ1) is 18.1. The van der Waals surface area contributed by atoms with Gasteiger partial charge in [0.15, 0.2) is 0 Å². The fourth-order valence-electron chi connectivity index (χ4n) is 3.16. The molecule has 7 nitrogen and oxygen atoms in total. The van der Waals surface area contributed by atoms with Gasteiger partial charge in [-0.2, -0.15) is 0 Å². The van der Waals surface area contributed by atoms with Crippen molar-refractivity contribution in [3.63, 3.8) is 0 Å². The predicted molar refractivity (Wildman–Crippen MR) is 94.4 cm³/mol. The Hall–Kier alpha value is -1.70. The number of likely N-dealkylation sites (tertiary alicyclic amines) is 1. The van der Waals surface area contributed by atoms with Gasteiger partial charge >= 0.3 is 0 Å². The van der Waals surface area contributed by atoms with Gasteiger partial charge in [0.25, 0.3) is 0 Å². The second-order valence-electron chi connectivity index (χ2n) is 6.44. The van der Waals surface area contributed by atoms with E-state index in [-0.39, 0.29) is 23.8 Å². The lowest BCUT2D eigenvalue weighted by Crippen LogP contribution is -2.47. The van der Waals surface area contributed by atoms with E-state index in [1.54, 1.807) is 12.1 Å². The van der Waals surface area contributed by atoms with E-state index in [2.05, 4.69) is 15.6 Å². The molecule has 1 unspecified atom stereocenters. The van der Waals surface area contributed by atoms with Crippen LogP contribution in [0.15, 0.2) is 18.3 Å². The number of amides is 2. The van der Waals surface area contributed by atoms with Crippen LogP contribution in [-0.4, -0.2) is 60.6 Å². The third kappa shape index (κ3) is 5.14. The number of carbonyl (C=O) groups is 2. The minimum absolute atomic E-state index is 0.0516. The van der Waals surface area contributed by atoms with Gasteiger partial charge in [-0.3, -0.25) is 9.59 Å². The third-order valence-electron chi connectivity index (χ3n) is 4.62. The number of hydrogen-bond donors (Lipinski definition) is 2. The summed E-state index contributed by atoms with van der Waals surface area (Å²) in [4.78, 5) is 30.6. The molecule has 0 saturated carbocycles. The largest absolute Gasteiger partial charge is 0.378 e. The van der Waals surface area contributed by atoms with Crippen molar-refractivity contribution in [3.8, 4) is 0 Å². The molecule has 0 spiro atoms. The smallest absolute Gasteiger partial charge is 0.228 e. The first-order chi connectivity index (χ1) is 12.1. The highest BCUT2D eigenvalue weighted by Gasteiger charge is 2.29. The van der Waals surface area contributed by atoms with E-state index in [1.165, 1.54) is 6.20 Å². The first-order valence-corrected chi connectivity index (χ1v) is 9.01. The molecule has 25 heavy (non-hydrogen) atoms. The second-order valence-corrected chi connectivity index (χ2v) is 6.87. The van der Waals surface area contributed by atoms with Crippen LogP contribution < -0.4 is 10.6 Å². The Morgan fingerprint density at radius 1 is 1.36 bits per heavy atom. The summed E-state index contributed by atoms with van der Waals surface area (Å²) in [5, 5.41) is 6.63. The van der Waals surface area contributed by atoms with Crippen LogP contribution in [0.1, 0.15) is 19.3 Å². The molecule has 0 bridgehead atoms. The maximum Gasteiger partial charge on any atom is 0.228 e. The van der Waals surface area contributed by atoms with Crippen molar-refractivity contribution in [1.29, 1.82) is 0 Å². The van der Waals surface area contributed by atoms with Gasteiger partial charge in [0.2, 0.25) is 11.8 Å². The highest BCUT2D eigenvalue weighted by atomic mass is 35.5. The van der Waals surface area contributed by atoms with Gasteiger partial charge in [-0.25, -0.2) is 4.98 Å². The van der Waals surface area contributed by atoms with Crippen molar-refractivity contribution in [2.24, 2.45) is 5.92 Å². The Kier molecular flexibility index (Phi) is 6.23. The van der Waals surface area contributed by atoms with E-state index in [9.17, 15) is 9.59 Å². The summed E-state index contributed by atoms with van der Waals surface area (Å²) in [6.07, 6.45) is 3.28. The van der Waals surface area contributed by atoms with E-state index < -0.39 is 0 Å². The molecule has 2 aliphatic rings. The fourth-order valence-corrected chi connectivity index (χ4v) is 3.27. The molecular formula is C17H23ClN4O3. The van der Waals surface area contributed by atoms with Gasteiger partial charge in [0.05, 0.1) is 18.2 Å². The number of rotatable bonds is 4. The van der Waals surface area contributed by atoms with Gasteiger partial charge < -0.3 is 20.3 Å². The average Bonchev–Trinajstić information content (AvgIpc) is 2.64. The van der Waals surface area contributed by atoms with Crippen LogP contribution in [-0.2, 0) is 14.3 Å². The summed E-state index contributed by atoms with van der Waals surface area (Å²) in [7, 11) is 0. The Morgan fingerprint density at radius 3 is 2.80 bits per heavy atom. The van der Waals surface area contributed by atoms with Gasteiger partial charge in [0.1, 0.15) is 5.82 Å². The Labute approximate surface area is 152 Å². The molecule has 2 aliphatic heterocycles. The second kappa shape index (κ2) is 8.60. The summed E-state index contributed by atoms with van der Waals surface area (Å²) < 4.78 is 5.38. The van der Waals surface area contributed by atoms with Crippen LogP contribution in [0.5, 0.6) is 0 Å². The Bertz CT molecular complexity index is 596. The molecule has 1 aromatic heterocycles. The van der Waals surface area contributed by atoms with Gasteiger partial charge in [0, 0.05) is 44.2 Å². The van der Waals surface area contributed by atoms with Crippen LogP contribution in [0.3, 0.4) is 0 Å². The van der Waals surface area contributed by atoms with Crippen LogP contribution in [0.2, 0.25) is 5.02 Å². The summed E-state index contributed by atoms with van der Waals surface area (Å²) in [6.45, 7) is 3.29. The SMILES string of the molecule is O=C(Nc1ccc(Cl)cn1)C1CCN(C(=O)CC2COCCN2)CC1. The fraction of sp³-hybridized carbons (Fsp3) is 0.588. The quantitative estimate of drug-likeness (QED) is 0.839. The molecule has 1 atom stereocenters. The number of carbonyl (C=O) groups excluding carboxylic acids is 2. The van der Waals surface area contributed by atoms with Crippen molar-refractivity contribution < 1.29 is 14.3 Å². The third-order valence-corrected chi connectivity index (χ3v) is 4.84. The van der Waals surface area contributed by atoms with Crippen molar-refractivity contribution in [2.45, 2.75) is 25.3 Å². The standard InChI is InChI=1S/C17H23ClN4O3/c18-13-1-2-15(20-10-13)21-17(24)12-3-6-22(7-4-12)16(23)9-14-11-25-8-5-19-14/h1-2,10,12,14,19H,3-9,11H2,(H,20,21,24). The topological polar surface area (TPSA) is 83.6 Å². The number of anilines is 1. The lowest BCUT2D eigenvalue weighted by molar-refractivity contribution is -0.135. The zero-order valence-electron chi connectivity index (χ0n) is 14.0. The summed E-state index contributed by atoms with van der Waals surface area (Å²) in [5.41, 5.74) is 0. The molecule has 8 heteroatoms. The summed E-state index contributed by atoms with van der Waals surface area (Å²) in [5.74, 6) is 0.472. The van der Waals surface area contributed by atoms with E-state index in [0.29, 0.717) is 56.4 Å². The van der Waals surface area contributed by atoms with Crippen LogP contribution in [0.25, 0.3) is 0 Å². The first-order valence-electron chi connectivity index (χ1n) is 8.63. The molecule has 1 aromatic rings. The number of aromatic nitrogens is 1. The molecule has 0 radical (unpaired) electrons. The van der Waals surface area contributed by atoms with Crippen molar-refractivity contribution in [2.75, 3.05) is 38.2 Å². The summed E-state index contributed by atoms with van der Waals surface area (Å²) in [6, 6.07) is 3.46. The number of hydrogen-bond acceptors (Lipinski definition) is 5.